The van der Waals surface area contributed by atoms with E-state index >= 15 is 0 Å². The van der Waals surface area contributed by atoms with Crippen LogP contribution in [0.15, 0.2) is 160 Å². The van der Waals surface area contributed by atoms with Gasteiger partial charge in [-0.1, -0.05) is 121 Å². The number of nitrogens with zero attached hydrogens (tertiary/aromatic N) is 14. The molecule has 0 fully saturated rings. The summed E-state index contributed by atoms with van der Waals surface area (Å²) in [6, 6.07) is 46.1. The maximum Gasteiger partial charge on any atom is 0.296 e. The van der Waals surface area contributed by atoms with E-state index in [9.17, 15) is 4.79 Å². The van der Waals surface area contributed by atoms with Crippen molar-refractivity contribution in [2.75, 3.05) is 52.1 Å². The zero-order chi connectivity index (χ0) is 57.9. The number of para-hydroxylation sites is 3. The lowest BCUT2D eigenvalue weighted by Gasteiger charge is -2.25. The predicted octanol–water partition coefficient (Wildman–Crippen LogP) is 9.22. The molecule has 5 aromatic carbocycles. The minimum atomic E-state index is -0.486. The summed E-state index contributed by atoms with van der Waals surface area (Å²) in [5.74, 6) is 2.33. The minimum Gasteiger partial charge on any atom is -0.741 e. The SMILES string of the molecule is CC1N(C)N=C([S-])N1C.CN1CN(c2ccccc2)C([S-])=N1.CN1N=C([S-])N(C)C1OC=O.Cc1nc([S-])nn1C.S=C1Cc2ccccc2N1.S=c1[nH]c2ccccc2s1.S=c1nc(-c2ccccc2)[nH]c(-c2ccccc2)n1. The van der Waals surface area contributed by atoms with Crippen molar-refractivity contribution >= 4 is 147 Å². The van der Waals surface area contributed by atoms with Crippen LogP contribution >= 0.6 is 48.0 Å². The van der Waals surface area contributed by atoms with Crippen molar-refractivity contribution in [3.05, 3.63) is 160 Å². The molecule has 80 heavy (non-hydrogen) atoms. The summed E-state index contributed by atoms with van der Waals surface area (Å²) in [7, 11) is 11.0. The van der Waals surface area contributed by atoms with Crippen LogP contribution in [0.1, 0.15) is 18.3 Å². The van der Waals surface area contributed by atoms with Crippen molar-refractivity contribution < 1.29 is 9.53 Å². The van der Waals surface area contributed by atoms with E-state index in [1.165, 1.54) is 21.0 Å². The first-order valence-corrected chi connectivity index (χ1v) is 27.9. The number of aryl methyl sites for hydroxylation is 2. The van der Waals surface area contributed by atoms with Crippen molar-refractivity contribution in [3.63, 3.8) is 0 Å². The molecule has 2 atom stereocenters. The molecule has 0 bridgehead atoms. The summed E-state index contributed by atoms with van der Waals surface area (Å²) in [5.41, 5.74) is 6.71. The Bertz CT molecular complexity index is 3360. The number of hydrazone groups is 3. The van der Waals surface area contributed by atoms with Crippen molar-refractivity contribution in [2.45, 2.75) is 37.9 Å². The Balaban J connectivity index is 0.000000154. The largest absolute Gasteiger partial charge is 0.741 e. The number of nitrogens with one attached hydrogen (secondary N) is 3. The predicted molar refractivity (Wildman–Crippen MR) is 340 cm³/mol. The number of carbonyl (C=O) groups is 1. The van der Waals surface area contributed by atoms with E-state index in [2.05, 4.69) is 93.1 Å². The van der Waals surface area contributed by atoms with Crippen LogP contribution in [0, 0.1) is 15.6 Å². The van der Waals surface area contributed by atoms with Crippen LogP contribution in [0.25, 0.3) is 33.0 Å². The van der Waals surface area contributed by atoms with Gasteiger partial charge in [-0.25, -0.2) is 20.0 Å². The normalized spacial score (nSPS) is 15.4. The second-order valence-electron chi connectivity index (χ2n) is 17.3. The van der Waals surface area contributed by atoms with Gasteiger partial charge >= 0.3 is 0 Å². The van der Waals surface area contributed by atoms with Crippen molar-refractivity contribution in [3.8, 4) is 22.8 Å². The summed E-state index contributed by atoms with van der Waals surface area (Å²) in [5, 5.41) is 26.3. The Labute approximate surface area is 507 Å². The van der Waals surface area contributed by atoms with E-state index < -0.39 is 6.35 Å². The van der Waals surface area contributed by atoms with Gasteiger partial charge in [0.15, 0.2) is 3.95 Å². The zero-order valence-electron chi connectivity index (χ0n) is 44.8. The number of carbonyl (C=O) groups excluding carboxylic acids is 1. The molecule has 0 saturated heterocycles. The number of amidine groups is 3. The Hall–Kier alpha value is -7.37. The lowest BCUT2D eigenvalue weighted by atomic mass is 10.2. The number of rotatable bonds is 5. The average Bonchev–Trinajstić information content (AvgIpc) is 4.30. The van der Waals surface area contributed by atoms with Crippen LogP contribution in [0.5, 0.6) is 0 Å². The maximum absolute atomic E-state index is 10.00. The van der Waals surface area contributed by atoms with E-state index in [0.29, 0.717) is 38.1 Å². The molecule has 3 aromatic heterocycles. The molecular formula is C53H57N17O2S8-4. The van der Waals surface area contributed by atoms with Crippen LogP contribution in [0.2, 0.25) is 0 Å². The fraction of sp³-hybridized carbons (Fsp3) is 0.226. The number of H-pyrrole nitrogens is 2. The number of benzene rings is 5. The van der Waals surface area contributed by atoms with Gasteiger partial charge in [-0.15, -0.1) is 11.3 Å². The third-order valence-corrected chi connectivity index (χ3v) is 14.5. The number of hydrogen-bond donors (Lipinski definition) is 3. The third-order valence-electron chi connectivity index (χ3n) is 11.6. The first kappa shape index (κ1) is 61.8. The quantitative estimate of drug-likeness (QED) is 0.0841. The molecule has 7 heterocycles. The van der Waals surface area contributed by atoms with Crippen LogP contribution in [0.4, 0.5) is 11.4 Å². The van der Waals surface area contributed by atoms with Gasteiger partial charge in [-0.05, 0) is 74.2 Å². The molecule has 4 aliphatic rings. The van der Waals surface area contributed by atoms with Crippen molar-refractivity contribution in [2.24, 2.45) is 22.4 Å². The standard InChI is InChI=1S/C15H11N3S.C9H11N3S.C8H7NS.C7H5NS2.C5H9N3O2S.C5H11N3S.C4H7N3S/c19-15-17-13(11-7-3-1-4-8-11)16-14(18-15)12-9-5-2-6-10-12;1-11-7-12(9(13)10-11)8-5-3-2-4-6-8;10-8-5-6-3-1-2-4-7(6)9-8;9-7-8-5-3-1-2-4-6(5)10-7;1-7-4(11)6-8(2)5(7)10-3-9;1-4-7(2)5(9)6-8(4)3;1-3-5-4(8)6-7(3)2/h1-10H,(H,16,17,18,19);2-6H,7H2,1H3,(H,10,13);1-4H,5H2,(H,9,10);1-4H,(H,8,9);3,5H,1-2H3,(H,6,11);4H,1-3H3,(H,6,9);1-2H3,(H,6,8)/p-4. The van der Waals surface area contributed by atoms with Crippen LogP contribution < -0.4 is 10.2 Å². The number of aromatic amines is 2. The highest BCUT2D eigenvalue weighted by molar-refractivity contribution is 7.80. The van der Waals surface area contributed by atoms with Crippen molar-refractivity contribution in [1.82, 2.24) is 59.5 Å². The number of thiazole rings is 1. The molecule has 12 rings (SSSR count). The summed E-state index contributed by atoms with van der Waals surface area (Å²) in [4.78, 5) is 35.2. The molecule has 0 spiro atoms. The van der Waals surface area contributed by atoms with E-state index in [4.69, 9.17) is 74.5 Å². The zero-order valence-corrected chi connectivity index (χ0v) is 51.3. The summed E-state index contributed by atoms with van der Waals surface area (Å²) in [6.45, 7) is 5.04. The smallest absolute Gasteiger partial charge is 0.296 e. The summed E-state index contributed by atoms with van der Waals surface area (Å²) < 4.78 is 8.76. The van der Waals surface area contributed by atoms with E-state index in [1.54, 1.807) is 35.0 Å². The van der Waals surface area contributed by atoms with Gasteiger partial charge in [0.05, 0.1) is 15.2 Å². The molecule has 8 aromatic rings. The van der Waals surface area contributed by atoms with Gasteiger partial charge in [0.2, 0.25) is 4.77 Å². The van der Waals surface area contributed by atoms with Gasteiger partial charge in [0.25, 0.3) is 12.8 Å². The Morgan fingerprint density at radius 1 is 0.650 bits per heavy atom. The van der Waals surface area contributed by atoms with Gasteiger partial charge in [0, 0.05) is 91.9 Å². The first-order chi connectivity index (χ1) is 38.3. The van der Waals surface area contributed by atoms with Gasteiger partial charge in [-0.2, -0.15) is 20.4 Å². The molecule has 2 unspecified atom stereocenters. The number of hydrogen-bond acceptors (Lipinski definition) is 23. The highest BCUT2D eigenvalue weighted by Crippen LogP contribution is 2.23. The van der Waals surface area contributed by atoms with E-state index in [1.807, 2.05) is 176 Å². The minimum absolute atomic E-state index is 0.317. The fourth-order valence-corrected chi connectivity index (χ4v) is 9.79. The van der Waals surface area contributed by atoms with Crippen LogP contribution in [-0.2, 0) is 73.5 Å². The Morgan fingerprint density at radius 3 is 1.65 bits per heavy atom. The topological polar surface area (TPSA) is 183 Å². The van der Waals surface area contributed by atoms with Crippen molar-refractivity contribution in [1.29, 1.82) is 0 Å². The number of fused-ring (bicyclic) bond motifs is 2. The number of aromatic nitrogens is 7. The van der Waals surface area contributed by atoms with Gasteiger partial charge in [-0.3, -0.25) is 19.5 Å². The molecule has 27 heteroatoms. The van der Waals surface area contributed by atoms with Gasteiger partial charge < -0.3 is 85.2 Å². The lowest BCUT2D eigenvalue weighted by Crippen LogP contribution is -2.39. The third kappa shape index (κ3) is 18.1. The molecule has 0 amide bonds. The molecule has 19 nitrogen and oxygen atoms in total. The number of ether oxygens (including phenoxy) is 1. The van der Waals surface area contributed by atoms with Crippen LogP contribution in [-0.4, -0.2) is 141 Å². The Morgan fingerprint density at radius 2 is 1.20 bits per heavy atom. The number of anilines is 2. The monoisotopic (exact) mass is 1220 g/mol. The summed E-state index contributed by atoms with van der Waals surface area (Å²) in [6.07, 6.45) is 0.739. The lowest BCUT2D eigenvalue weighted by molar-refractivity contribution is -0.150. The first-order valence-electron chi connectivity index (χ1n) is 24.2. The highest BCUT2D eigenvalue weighted by atomic mass is 32.1. The average molecular weight is 1220 g/mol. The second kappa shape index (κ2) is 30.3. The summed E-state index contributed by atoms with van der Waals surface area (Å²) >= 11 is 36.3. The van der Waals surface area contributed by atoms with Gasteiger partial charge in [0.1, 0.15) is 30.3 Å². The molecule has 0 radical (unpaired) electrons. The number of thiocarbonyl (C=S) groups is 1. The molecule has 4 aliphatic heterocycles. The second-order valence-corrected chi connectivity index (χ2v) is 21.3. The van der Waals surface area contributed by atoms with E-state index in [-0.39, 0.29) is 0 Å². The van der Waals surface area contributed by atoms with E-state index in [0.717, 1.165) is 61.8 Å². The highest BCUT2D eigenvalue weighted by Gasteiger charge is 2.24. The molecule has 0 saturated carbocycles. The Kier molecular flexibility index (Phi) is 23.4. The fourth-order valence-electron chi connectivity index (χ4n) is 7.17. The molecular weight excluding hydrogens is 1160 g/mol. The maximum atomic E-state index is 10.00. The molecule has 3 N–H and O–H groups in total. The molecule has 0 aliphatic carbocycles. The molecule has 418 valence electrons. The van der Waals surface area contributed by atoms with Crippen LogP contribution in [0.3, 0.4) is 0 Å².